The Morgan fingerprint density at radius 1 is 1.03 bits per heavy atom. The van der Waals surface area contributed by atoms with E-state index in [4.69, 9.17) is 31.3 Å². The van der Waals surface area contributed by atoms with Crippen LogP contribution < -0.4 is 22.1 Å². The predicted octanol–water partition coefficient (Wildman–Crippen LogP) is 0.335. The molecule has 2 atom stereocenters. The normalized spacial score (nSPS) is 18.8. The van der Waals surface area contributed by atoms with Gasteiger partial charge in [0.1, 0.15) is 12.6 Å². The van der Waals surface area contributed by atoms with Crippen LogP contribution >= 0.6 is 0 Å². The van der Waals surface area contributed by atoms with Gasteiger partial charge in [-0.05, 0) is 36.8 Å². The van der Waals surface area contributed by atoms with Gasteiger partial charge in [-0.25, -0.2) is 4.79 Å². The van der Waals surface area contributed by atoms with Gasteiger partial charge in [0.25, 0.3) is 0 Å². The Labute approximate surface area is 218 Å². The minimum Gasteiger partial charge on any atom is -0.480 e. The van der Waals surface area contributed by atoms with Crippen molar-refractivity contribution >= 4 is 29.7 Å². The van der Waals surface area contributed by atoms with Gasteiger partial charge in [0.05, 0.1) is 19.1 Å². The number of likely N-dealkylation sites (tertiary alicyclic amines) is 1. The number of nitrogens with two attached hydrogens (primary N) is 2. The summed E-state index contributed by atoms with van der Waals surface area (Å²) >= 11 is 0. The van der Waals surface area contributed by atoms with E-state index in [2.05, 4.69) is 15.8 Å². The van der Waals surface area contributed by atoms with E-state index in [1.54, 1.807) is 4.90 Å². The molecule has 1 aliphatic carbocycles. The summed E-state index contributed by atoms with van der Waals surface area (Å²) in [7, 11) is 0. The second kappa shape index (κ2) is 16.5. The van der Waals surface area contributed by atoms with Crippen LogP contribution in [0.4, 0.5) is 13.2 Å². The van der Waals surface area contributed by atoms with Gasteiger partial charge in [-0.1, -0.05) is 32.1 Å². The topological polar surface area (TPSA) is 210 Å². The number of rotatable bonds is 11. The van der Waals surface area contributed by atoms with Gasteiger partial charge in [-0.2, -0.15) is 13.2 Å². The van der Waals surface area contributed by atoms with Crippen LogP contribution in [0.2, 0.25) is 0 Å². The average Bonchev–Trinajstić information content (AvgIpc) is 2.86. The Kier molecular flexibility index (Phi) is 14.2. The summed E-state index contributed by atoms with van der Waals surface area (Å²) in [4.78, 5) is 52.6. The molecule has 2 rings (SSSR count). The number of amides is 2. The summed E-state index contributed by atoms with van der Waals surface area (Å²) in [6, 6.07) is -1.18. The second-order valence-corrected chi connectivity index (χ2v) is 9.05. The number of aliphatic carboxylic acids is 2. The van der Waals surface area contributed by atoms with Crippen LogP contribution in [0, 0.1) is 5.92 Å². The molecule has 0 aromatic heterocycles. The molecule has 8 N–H and O–H groups in total. The minimum atomic E-state index is -5.08. The molecule has 218 valence electrons. The van der Waals surface area contributed by atoms with Crippen LogP contribution in [0.3, 0.4) is 0 Å². The lowest BCUT2D eigenvalue weighted by atomic mass is 9.84. The van der Waals surface area contributed by atoms with Gasteiger partial charge in [0, 0.05) is 6.54 Å². The molecule has 0 aromatic carbocycles. The fourth-order valence-electron chi connectivity index (χ4n) is 4.36. The van der Waals surface area contributed by atoms with Crippen LogP contribution in [-0.2, 0) is 24.0 Å². The Morgan fingerprint density at radius 2 is 1.63 bits per heavy atom. The molecule has 38 heavy (non-hydrogen) atoms. The van der Waals surface area contributed by atoms with Crippen molar-refractivity contribution in [3.8, 4) is 0 Å². The molecule has 0 aromatic rings. The van der Waals surface area contributed by atoms with Crippen LogP contribution in [0.5, 0.6) is 0 Å². The first kappa shape index (κ1) is 32.7. The maximum Gasteiger partial charge on any atom is 0.490 e. The molecule has 1 heterocycles. The van der Waals surface area contributed by atoms with Crippen molar-refractivity contribution in [1.29, 1.82) is 0 Å². The van der Waals surface area contributed by atoms with Crippen molar-refractivity contribution in [2.45, 2.75) is 76.0 Å². The zero-order valence-corrected chi connectivity index (χ0v) is 21.0. The minimum absolute atomic E-state index is 0.106. The van der Waals surface area contributed by atoms with E-state index in [9.17, 15) is 27.6 Å². The maximum absolute atomic E-state index is 13.4. The Balaban J connectivity index is 0.000000905. The van der Waals surface area contributed by atoms with Gasteiger partial charge >= 0.3 is 18.1 Å². The second-order valence-electron chi connectivity index (χ2n) is 9.05. The number of halogens is 3. The molecule has 0 spiro atoms. The number of nitrogens with zero attached hydrogens (tertiary/aromatic N) is 2. The highest BCUT2D eigenvalue weighted by molar-refractivity contribution is 5.90. The smallest absolute Gasteiger partial charge is 0.480 e. The lowest BCUT2D eigenvalue weighted by Gasteiger charge is -2.38. The largest absolute Gasteiger partial charge is 0.490 e. The molecule has 2 fully saturated rings. The van der Waals surface area contributed by atoms with E-state index in [0.29, 0.717) is 25.3 Å². The fourth-order valence-corrected chi connectivity index (χ4v) is 4.36. The maximum atomic E-state index is 13.4. The van der Waals surface area contributed by atoms with Gasteiger partial charge in [-0.15, -0.1) is 0 Å². The van der Waals surface area contributed by atoms with Crippen LogP contribution in [-0.4, -0.2) is 89.3 Å². The van der Waals surface area contributed by atoms with Crippen LogP contribution in [0.1, 0.15) is 57.8 Å². The zero-order chi connectivity index (χ0) is 28.7. The molecular formula is C22H37F3N6O7. The third-order valence-electron chi connectivity index (χ3n) is 6.09. The number of carboxylic acids is 2. The molecule has 13 nitrogen and oxygen atoms in total. The highest BCUT2D eigenvalue weighted by Crippen LogP contribution is 2.28. The molecule has 0 bridgehead atoms. The summed E-state index contributed by atoms with van der Waals surface area (Å²) in [6.45, 7) is 0.513. The first-order chi connectivity index (χ1) is 17.8. The molecule has 2 amide bonds. The quantitative estimate of drug-likeness (QED) is 0.0892. The third kappa shape index (κ3) is 12.8. The molecule has 2 aliphatic rings. The molecule has 1 saturated heterocycles. The van der Waals surface area contributed by atoms with Gasteiger partial charge < -0.3 is 36.7 Å². The van der Waals surface area contributed by atoms with Crippen molar-refractivity contribution in [3.05, 3.63) is 0 Å². The number of alkyl halides is 3. The Hall–Kier alpha value is -3.30. The van der Waals surface area contributed by atoms with Gasteiger partial charge in [0.15, 0.2) is 0 Å². The first-order valence-corrected chi connectivity index (χ1v) is 12.4. The van der Waals surface area contributed by atoms with E-state index in [1.165, 1.54) is 6.42 Å². The SMILES string of the molecule is NC(N)=NOCCNC(=O)[C@@H]1CCCCN1C(=O)C(CC1CCCCC1)NCC(=O)O.O=C(O)C(F)(F)F. The number of carbonyl (C=O) groups excluding carboxylic acids is 2. The fraction of sp³-hybridized carbons (Fsp3) is 0.773. The van der Waals surface area contributed by atoms with E-state index >= 15 is 0 Å². The molecule has 1 aliphatic heterocycles. The summed E-state index contributed by atoms with van der Waals surface area (Å²) < 4.78 is 31.7. The molecule has 1 saturated carbocycles. The number of carbonyl (C=O) groups is 4. The van der Waals surface area contributed by atoms with Crippen LogP contribution in [0.25, 0.3) is 0 Å². The Bertz CT molecular complexity index is 818. The highest BCUT2D eigenvalue weighted by atomic mass is 19.4. The lowest BCUT2D eigenvalue weighted by molar-refractivity contribution is -0.192. The first-order valence-electron chi connectivity index (χ1n) is 12.4. The number of carboxylic acid groups (broad SMARTS) is 2. The predicted molar refractivity (Wildman–Crippen MR) is 128 cm³/mol. The van der Waals surface area contributed by atoms with Crippen molar-refractivity contribution in [1.82, 2.24) is 15.5 Å². The number of guanidine groups is 1. The lowest BCUT2D eigenvalue weighted by Crippen LogP contribution is -2.57. The van der Waals surface area contributed by atoms with E-state index < -0.39 is 30.2 Å². The number of piperidine rings is 1. The number of nitrogens with one attached hydrogen (secondary N) is 2. The third-order valence-corrected chi connectivity index (χ3v) is 6.09. The summed E-state index contributed by atoms with van der Waals surface area (Å²) in [6.07, 6.45) is 3.35. The standard InChI is InChI=1S/C20H36N6O5.C2HF3O2/c21-20(22)25-31-11-9-23-18(29)16-8-4-5-10-26(16)19(30)15(24-13-17(27)28)12-14-6-2-1-3-7-14;3-2(4,5)1(6)7/h14-16,24H,1-13H2,(H,23,29)(H,27,28)(H4,21,22,25);(H,6,7)/t15?,16-;/m0./s1. The number of hydrogen-bond donors (Lipinski definition) is 6. The summed E-state index contributed by atoms with van der Waals surface area (Å²) in [5.74, 6) is -4.01. The Morgan fingerprint density at radius 3 is 2.18 bits per heavy atom. The van der Waals surface area contributed by atoms with Crippen LogP contribution in [0.15, 0.2) is 5.16 Å². The number of hydrogen-bond acceptors (Lipinski definition) is 7. The summed E-state index contributed by atoms with van der Waals surface area (Å²) in [5.41, 5.74) is 10.3. The molecular weight excluding hydrogens is 517 g/mol. The summed E-state index contributed by atoms with van der Waals surface area (Å²) in [5, 5.41) is 25.3. The van der Waals surface area contributed by atoms with Crippen molar-refractivity contribution in [2.75, 3.05) is 26.2 Å². The monoisotopic (exact) mass is 554 g/mol. The van der Waals surface area contributed by atoms with Gasteiger partial charge in [-0.3, -0.25) is 19.7 Å². The van der Waals surface area contributed by atoms with E-state index in [1.807, 2.05) is 0 Å². The number of oxime groups is 1. The molecule has 16 heteroatoms. The molecule has 0 radical (unpaired) electrons. The average molecular weight is 555 g/mol. The van der Waals surface area contributed by atoms with Crippen molar-refractivity contribution in [2.24, 2.45) is 22.5 Å². The highest BCUT2D eigenvalue weighted by Gasteiger charge is 2.38. The van der Waals surface area contributed by atoms with E-state index in [0.717, 1.165) is 38.5 Å². The van der Waals surface area contributed by atoms with Gasteiger partial charge in [0.2, 0.25) is 17.8 Å². The van der Waals surface area contributed by atoms with Crippen molar-refractivity contribution < 1.29 is 47.4 Å². The van der Waals surface area contributed by atoms with E-state index in [-0.39, 0.29) is 37.5 Å². The zero-order valence-electron chi connectivity index (χ0n) is 21.0. The molecule has 1 unspecified atom stereocenters. The van der Waals surface area contributed by atoms with Crippen molar-refractivity contribution in [3.63, 3.8) is 0 Å².